The largest absolute Gasteiger partial charge is 0.586 e. The van der Waals surface area contributed by atoms with Gasteiger partial charge < -0.3 is 24.8 Å². The van der Waals surface area contributed by atoms with Crippen LogP contribution >= 0.6 is 0 Å². The normalized spacial score (nSPS) is 13.9. The molecule has 3 rings (SSSR count). The Kier molecular flexibility index (Phi) is 5.48. The molecule has 154 valence electrons. The van der Waals surface area contributed by atoms with Crippen LogP contribution in [0.2, 0.25) is 0 Å². The highest BCUT2D eigenvalue weighted by Crippen LogP contribution is 2.43. The highest BCUT2D eigenvalue weighted by Gasteiger charge is 2.44. The molecule has 2 aromatic carbocycles. The van der Waals surface area contributed by atoms with Crippen molar-refractivity contribution < 1.29 is 41.4 Å². The molecule has 1 heterocycles. The first-order chi connectivity index (χ1) is 13.7. The van der Waals surface area contributed by atoms with Crippen LogP contribution in [0, 0.1) is 0 Å². The third kappa shape index (κ3) is 4.50. The van der Waals surface area contributed by atoms with Gasteiger partial charge in [-0.1, -0.05) is 12.1 Å². The molecule has 1 amide bonds. The lowest BCUT2D eigenvalue weighted by Gasteiger charge is -2.15. The minimum absolute atomic E-state index is 0.0135. The van der Waals surface area contributed by atoms with Crippen LogP contribution in [0.4, 0.5) is 28.9 Å². The smallest absolute Gasteiger partial charge is 0.465 e. The van der Waals surface area contributed by atoms with Crippen LogP contribution in [0.25, 0.3) is 0 Å². The molecule has 0 spiro atoms. The maximum absolute atomic E-state index is 13.3. The van der Waals surface area contributed by atoms with Crippen molar-refractivity contribution in [3.63, 3.8) is 0 Å². The Hall–Kier alpha value is -3.50. The van der Waals surface area contributed by atoms with Gasteiger partial charge in [-0.15, -0.1) is 8.78 Å². The molecule has 2 N–H and O–H groups in total. The average molecular weight is 414 g/mol. The van der Waals surface area contributed by atoms with Crippen molar-refractivity contribution in [1.29, 1.82) is 0 Å². The van der Waals surface area contributed by atoms with Gasteiger partial charge in [0.25, 0.3) is 5.91 Å². The number of para-hydroxylation sites is 1. The second-order valence-corrected chi connectivity index (χ2v) is 5.81. The van der Waals surface area contributed by atoms with Crippen molar-refractivity contribution >= 4 is 23.3 Å². The van der Waals surface area contributed by atoms with Crippen LogP contribution in [-0.2, 0) is 16.1 Å². The number of fused-ring (bicyclic) bond motifs is 1. The molecule has 0 saturated carbocycles. The van der Waals surface area contributed by atoms with Crippen molar-refractivity contribution in [2.24, 2.45) is 0 Å². The molecular formula is C18H14F4N2O5. The summed E-state index contributed by atoms with van der Waals surface area (Å²) in [6.07, 6.45) is -7.08. The summed E-state index contributed by atoms with van der Waals surface area (Å²) in [6.45, 7) is -0.0717. The van der Waals surface area contributed by atoms with E-state index in [0.29, 0.717) is 5.56 Å². The summed E-state index contributed by atoms with van der Waals surface area (Å²) < 4.78 is 65.2. The number of esters is 1. The van der Waals surface area contributed by atoms with Crippen molar-refractivity contribution in [3.05, 3.63) is 47.5 Å². The van der Waals surface area contributed by atoms with E-state index in [-0.39, 0.29) is 35.0 Å². The van der Waals surface area contributed by atoms with E-state index >= 15 is 0 Å². The van der Waals surface area contributed by atoms with Gasteiger partial charge in [0.05, 0.1) is 24.0 Å². The number of carbonyl (C=O) groups excluding carboxylic acids is 2. The number of hydrogen-bond acceptors (Lipinski definition) is 6. The minimum Gasteiger partial charge on any atom is -0.465 e. The predicted molar refractivity (Wildman–Crippen MR) is 92.4 cm³/mol. The van der Waals surface area contributed by atoms with Gasteiger partial charge in [-0.25, -0.2) is 4.79 Å². The molecule has 11 heteroatoms. The quantitative estimate of drug-likeness (QED) is 0.555. The summed E-state index contributed by atoms with van der Waals surface area (Å²) in [5.41, 5.74) is 0.352. The Morgan fingerprint density at radius 2 is 1.90 bits per heavy atom. The van der Waals surface area contributed by atoms with Crippen LogP contribution in [-0.4, -0.2) is 31.7 Å². The lowest BCUT2D eigenvalue weighted by molar-refractivity contribution is -0.286. The summed E-state index contributed by atoms with van der Waals surface area (Å²) in [6, 6.07) is 8.12. The zero-order chi connectivity index (χ0) is 21.2. The van der Waals surface area contributed by atoms with Crippen LogP contribution in [0.5, 0.6) is 11.5 Å². The Morgan fingerprint density at radius 3 is 2.59 bits per heavy atom. The van der Waals surface area contributed by atoms with E-state index in [4.69, 9.17) is 0 Å². The van der Waals surface area contributed by atoms with Crippen LogP contribution < -0.4 is 20.1 Å². The molecule has 2 aromatic rings. The van der Waals surface area contributed by atoms with Gasteiger partial charge >= 0.3 is 18.7 Å². The minimum atomic E-state index is -3.79. The average Bonchev–Trinajstić information content (AvgIpc) is 3.00. The molecular weight excluding hydrogens is 400 g/mol. The summed E-state index contributed by atoms with van der Waals surface area (Å²) >= 11 is 0. The molecule has 29 heavy (non-hydrogen) atoms. The number of amides is 1. The third-order valence-electron chi connectivity index (χ3n) is 3.88. The van der Waals surface area contributed by atoms with Crippen LogP contribution in [0.15, 0.2) is 36.4 Å². The number of benzene rings is 2. The molecule has 0 atom stereocenters. The first kappa shape index (κ1) is 20.2. The highest BCUT2D eigenvalue weighted by atomic mass is 19.3. The summed E-state index contributed by atoms with van der Waals surface area (Å²) in [7, 11) is 1.14. The van der Waals surface area contributed by atoms with Gasteiger partial charge in [-0.3, -0.25) is 4.79 Å². The van der Waals surface area contributed by atoms with Crippen molar-refractivity contribution in [1.82, 2.24) is 0 Å². The van der Waals surface area contributed by atoms with Gasteiger partial charge in [-0.2, -0.15) is 8.78 Å². The number of ether oxygens (including phenoxy) is 3. The van der Waals surface area contributed by atoms with Crippen molar-refractivity contribution in [2.45, 2.75) is 19.3 Å². The maximum Gasteiger partial charge on any atom is 0.586 e. The Balaban J connectivity index is 1.85. The molecule has 1 aliphatic rings. The van der Waals surface area contributed by atoms with E-state index in [1.165, 1.54) is 30.3 Å². The summed E-state index contributed by atoms with van der Waals surface area (Å²) in [5, 5.41) is 4.82. The molecule has 7 nitrogen and oxygen atoms in total. The molecule has 0 aromatic heterocycles. The van der Waals surface area contributed by atoms with E-state index in [1.807, 2.05) is 5.32 Å². The van der Waals surface area contributed by atoms with Gasteiger partial charge in [0, 0.05) is 12.1 Å². The lowest BCUT2D eigenvalue weighted by atomic mass is 10.1. The second kappa shape index (κ2) is 7.86. The SMILES string of the molecule is COC(=O)c1ccc(NCc2cccc3c2OC(F)(F)O3)c(NC(=O)C(F)F)c1. The molecule has 0 unspecified atom stereocenters. The topological polar surface area (TPSA) is 85.9 Å². The number of hydrogen-bond donors (Lipinski definition) is 2. The second-order valence-electron chi connectivity index (χ2n) is 5.81. The fraction of sp³-hybridized carbons (Fsp3) is 0.222. The standard InChI is InChI=1S/C18H14F4N2O5/c1-27-17(26)9-5-6-11(12(7-9)24-16(25)15(19)20)23-8-10-3-2-4-13-14(10)29-18(21,22)28-13/h2-7,15,23H,8H2,1H3,(H,24,25). The number of alkyl halides is 4. The van der Waals surface area contributed by atoms with Gasteiger partial charge in [-0.05, 0) is 24.3 Å². The zero-order valence-corrected chi connectivity index (χ0v) is 14.8. The Morgan fingerprint density at radius 1 is 1.14 bits per heavy atom. The zero-order valence-electron chi connectivity index (χ0n) is 14.8. The number of anilines is 2. The maximum atomic E-state index is 13.3. The van der Waals surface area contributed by atoms with Gasteiger partial charge in [0.2, 0.25) is 0 Å². The lowest BCUT2D eigenvalue weighted by Crippen LogP contribution is -2.26. The molecule has 0 fully saturated rings. The first-order valence-corrected chi connectivity index (χ1v) is 8.13. The molecule has 0 bridgehead atoms. The molecule has 0 radical (unpaired) electrons. The van der Waals surface area contributed by atoms with E-state index in [9.17, 15) is 27.2 Å². The van der Waals surface area contributed by atoms with E-state index in [2.05, 4.69) is 19.5 Å². The Bertz CT molecular complexity index is 952. The molecule has 1 aliphatic heterocycles. The fourth-order valence-corrected chi connectivity index (χ4v) is 2.59. The third-order valence-corrected chi connectivity index (χ3v) is 3.88. The van der Waals surface area contributed by atoms with Gasteiger partial charge in [0.15, 0.2) is 11.5 Å². The summed E-state index contributed by atoms with van der Waals surface area (Å²) in [5.74, 6) is -2.64. The molecule has 0 aliphatic carbocycles. The van der Waals surface area contributed by atoms with E-state index in [1.54, 1.807) is 0 Å². The number of methoxy groups -OCH3 is 1. The van der Waals surface area contributed by atoms with Gasteiger partial charge in [0.1, 0.15) is 0 Å². The Labute approximate surface area is 161 Å². The predicted octanol–water partition coefficient (Wildman–Crippen LogP) is 3.61. The van der Waals surface area contributed by atoms with E-state index < -0.39 is 24.6 Å². The van der Waals surface area contributed by atoms with Crippen LogP contribution in [0.1, 0.15) is 15.9 Å². The summed E-state index contributed by atoms with van der Waals surface area (Å²) in [4.78, 5) is 23.0. The fourth-order valence-electron chi connectivity index (χ4n) is 2.59. The monoisotopic (exact) mass is 414 g/mol. The number of carbonyl (C=O) groups is 2. The van der Waals surface area contributed by atoms with Crippen LogP contribution in [0.3, 0.4) is 0 Å². The molecule has 0 saturated heterocycles. The number of halogens is 4. The first-order valence-electron chi connectivity index (χ1n) is 8.13. The highest BCUT2D eigenvalue weighted by molar-refractivity contribution is 5.99. The number of rotatable bonds is 6. The number of nitrogens with one attached hydrogen (secondary N) is 2. The van der Waals surface area contributed by atoms with Crippen molar-refractivity contribution in [3.8, 4) is 11.5 Å². The van der Waals surface area contributed by atoms with Crippen molar-refractivity contribution in [2.75, 3.05) is 17.7 Å². The van der Waals surface area contributed by atoms with E-state index in [0.717, 1.165) is 13.2 Å².